The number of benzene rings is 2. The van der Waals surface area contributed by atoms with Gasteiger partial charge in [-0.1, -0.05) is 27.7 Å². The van der Waals surface area contributed by atoms with E-state index in [0.29, 0.717) is 37.9 Å². The lowest BCUT2D eigenvalue weighted by Gasteiger charge is -2.33. The minimum Gasteiger partial charge on any atom is -0.497 e. The molecule has 0 saturated carbocycles. The summed E-state index contributed by atoms with van der Waals surface area (Å²) in [7, 11) is 9.33. The van der Waals surface area contributed by atoms with E-state index >= 15 is 0 Å². The van der Waals surface area contributed by atoms with Crippen LogP contribution in [0, 0.1) is 10.8 Å². The fourth-order valence-corrected chi connectivity index (χ4v) is 4.11. The Balaban J connectivity index is 0.000000361. The normalized spacial score (nSPS) is 14.2. The number of aliphatic hydroxyl groups excluding tert-OH is 2. The third kappa shape index (κ3) is 11.9. The summed E-state index contributed by atoms with van der Waals surface area (Å²) >= 11 is 3.40. The zero-order chi connectivity index (χ0) is 31.9. The van der Waals surface area contributed by atoms with Gasteiger partial charge in [-0.3, -0.25) is 0 Å². The van der Waals surface area contributed by atoms with E-state index in [2.05, 4.69) is 29.8 Å². The maximum absolute atomic E-state index is 8.43. The van der Waals surface area contributed by atoms with Crippen LogP contribution in [0.4, 0.5) is 0 Å². The number of hydrogen-bond donors (Lipinski definition) is 2. The van der Waals surface area contributed by atoms with E-state index < -0.39 is 7.12 Å². The molecule has 3 rings (SSSR count). The molecule has 1 aliphatic heterocycles. The third-order valence-electron chi connectivity index (χ3n) is 6.07. The predicted octanol–water partition coefficient (Wildman–Crippen LogP) is 4.23. The van der Waals surface area contributed by atoms with Crippen LogP contribution in [0.25, 0.3) is 0 Å². The van der Waals surface area contributed by atoms with E-state index in [1.807, 2.05) is 24.3 Å². The first-order valence-corrected chi connectivity index (χ1v) is 14.2. The number of hydrogen-bond acceptors (Lipinski definition) is 10. The number of ether oxygens (including phenoxy) is 6. The molecular formula is C30H48BBrO10. The highest BCUT2D eigenvalue weighted by molar-refractivity contribution is 9.10. The summed E-state index contributed by atoms with van der Waals surface area (Å²) in [6.45, 7) is 10.2. The standard InChI is InChI=1S/C15H23BO5.C10H13BrO3.C5H12O2/c1-15(2)9-20-16(21-10-15)14-12(18-4)6-11(8-17-3)7-13(14)19-5;1-12-6-7-4-8(13-2)10(11)9(5-7)14-3;1-5(2,3-6)4-7/h6-7H,8-10H2,1-5H3;4-5H,6H2,1-3H3;6-7H,3-4H2,1-2H3. The van der Waals surface area contributed by atoms with Gasteiger partial charge in [0, 0.05) is 38.3 Å². The molecule has 0 aliphatic carbocycles. The van der Waals surface area contributed by atoms with E-state index in [1.165, 1.54) is 0 Å². The summed E-state index contributed by atoms with van der Waals surface area (Å²) in [5.74, 6) is 2.87. The van der Waals surface area contributed by atoms with Crippen molar-refractivity contribution in [2.24, 2.45) is 10.8 Å². The summed E-state index contributed by atoms with van der Waals surface area (Å²) in [5.41, 5.74) is 2.50. The Morgan fingerprint density at radius 1 is 0.738 bits per heavy atom. The Morgan fingerprint density at radius 2 is 1.10 bits per heavy atom. The van der Waals surface area contributed by atoms with Crippen molar-refractivity contribution in [1.82, 2.24) is 0 Å². The Morgan fingerprint density at radius 3 is 1.38 bits per heavy atom. The quantitative estimate of drug-likeness (QED) is 0.340. The first kappa shape index (κ1) is 38.0. The predicted molar refractivity (Wildman–Crippen MR) is 167 cm³/mol. The number of methoxy groups -OCH3 is 6. The fraction of sp³-hybridized carbons (Fsp3) is 0.600. The highest BCUT2D eigenvalue weighted by Crippen LogP contribution is 2.35. The van der Waals surface area contributed by atoms with Gasteiger partial charge in [-0.2, -0.15) is 0 Å². The second-order valence-electron chi connectivity index (χ2n) is 11.2. The van der Waals surface area contributed by atoms with Crippen molar-refractivity contribution in [1.29, 1.82) is 0 Å². The molecular weight excluding hydrogens is 611 g/mol. The number of rotatable bonds is 11. The molecule has 0 unspecified atom stereocenters. The molecule has 2 N–H and O–H groups in total. The monoisotopic (exact) mass is 658 g/mol. The third-order valence-corrected chi connectivity index (χ3v) is 6.86. The minimum atomic E-state index is -0.473. The van der Waals surface area contributed by atoms with E-state index in [-0.39, 0.29) is 24.0 Å². The topological polar surface area (TPSA) is 114 Å². The van der Waals surface area contributed by atoms with Crippen LogP contribution in [0.15, 0.2) is 28.7 Å². The first-order valence-electron chi connectivity index (χ1n) is 13.4. The molecule has 0 aromatic heterocycles. The van der Waals surface area contributed by atoms with Crippen LogP contribution in [0.1, 0.15) is 38.8 Å². The van der Waals surface area contributed by atoms with E-state index in [0.717, 1.165) is 32.6 Å². The zero-order valence-electron chi connectivity index (χ0n) is 26.7. The molecule has 1 saturated heterocycles. The molecule has 2 aromatic rings. The average molecular weight is 659 g/mol. The Bertz CT molecular complexity index is 1010. The van der Waals surface area contributed by atoms with Crippen LogP contribution in [0.3, 0.4) is 0 Å². The van der Waals surface area contributed by atoms with E-state index in [4.69, 9.17) is 47.9 Å². The molecule has 0 atom stereocenters. The van der Waals surface area contributed by atoms with E-state index in [9.17, 15) is 0 Å². The maximum Gasteiger partial charge on any atom is 0.501 e. The largest absolute Gasteiger partial charge is 0.501 e. The Labute approximate surface area is 259 Å². The highest BCUT2D eigenvalue weighted by atomic mass is 79.9. The van der Waals surface area contributed by atoms with Crippen LogP contribution in [-0.2, 0) is 32.0 Å². The van der Waals surface area contributed by atoms with Gasteiger partial charge in [0.1, 0.15) is 27.5 Å². The molecule has 10 nitrogen and oxygen atoms in total. The van der Waals surface area contributed by atoms with Gasteiger partial charge in [-0.15, -0.1) is 0 Å². The van der Waals surface area contributed by atoms with Crippen LogP contribution >= 0.6 is 15.9 Å². The van der Waals surface area contributed by atoms with Gasteiger partial charge in [0.2, 0.25) is 0 Å². The molecule has 238 valence electrons. The average Bonchev–Trinajstić information content (AvgIpc) is 2.98. The summed E-state index contributed by atoms with van der Waals surface area (Å²) in [4.78, 5) is 0. The van der Waals surface area contributed by atoms with Crippen LogP contribution in [0.2, 0.25) is 0 Å². The van der Waals surface area contributed by atoms with Crippen molar-refractivity contribution in [3.05, 3.63) is 39.9 Å². The van der Waals surface area contributed by atoms with Crippen LogP contribution in [0.5, 0.6) is 23.0 Å². The summed E-state index contributed by atoms with van der Waals surface area (Å²) in [6.07, 6.45) is 0. The molecule has 1 aliphatic rings. The summed E-state index contributed by atoms with van der Waals surface area (Å²) in [6, 6.07) is 7.67. The Kier molecular flexibility index (Phi) is 16.8. The van der Waals surface area contributed by atoms with Gasteiger partial charge in [0.15, 0.2) is 0 Å². The molecule has 0 amide bonds. The van der Waals surface area contributed by atoms with Crippen molar-refractivity contribution < 1.29 is 47.9 Å². The SMILES string of the molecule is CC(C)(CO)CO.COCc1cc(OC)c(B2OCC(C)(C)CO2)c(OC)c1.COCc1cc(OC)c(Br)c(OC)c1. The fourth-order valence-electron chi connectivity index (χ4n) is 3.56. The summed E-state index contributed by atoms with van der Waals surface area (Å²) < 4.78 is 44.1. The first-order chi connectivity index (χ1) is 19.8. The highest BCUT2D eigenvalue weighted by Gasteiger charge is 2.37. The second-order valence-corrected chi connectivity index (χ2v) is 12.0. The molecule has 0 bridgehead atoms. The molecule has 12 heteroatoms. The van der Waals surface area contributed by atoms with Crippen LogP contribution in [-0.4, -0.2) is 86.4 Å². The number of halogens is 1. The van der Waals surface area contributed by atoms with Crippen molar-refractivity contribution in [3.8, 4) is 23.0 Å². The minimum absolute atomic E-state index is 0.0208. The number of aliphatic hydroxyl groups is 2. The second kappa shape index (κ2) is 18.6. The lowest BCUT2D eigenvalue weighted by atomic mass is 9.74. The smallest absolute Gasteiger partial charge is 0.497 e. The van der Waals surface area contributed by atoms with Gasteiger partial charge in [-0.05, 0) is 51.3 Å². The zero-order valence-corrected chi connectivity index (χ0v) is 28.3. The lowest BCUT2D eigenvalue weighted by Crippen LogP contribution is -2.48. The summed E-state index contributed by atoms with van der Waals surface area (Å²) in [5, 5.41) is 16.9. The van der Waals surface area contributed by atoms with Crippen LogP contribution < -0.4 is 24.4 Å². The molecule has 2 aromatic carbocycles. The molecule has 1 fully saturated rings. The van der Waals surface area contributed by atoms with Gasteiger partial charge in [0.25, 0.3) is 0 Å². The van der Waals surface area contributed by atoms with Crippen molar-refractivity contribution in [2.75, 3.05) is 69.1 Å². The van der Waals surface area contributed by atoms with Gasteiger partial charge in [-0.25, -0.2) is 0 Å². The molecule has 42 heavy (non-hydrogen) atoms. The van der Waals surface area contributed by atoms with Crippen molar-refractivity contribution in [3.63, 3.8) is 0 Å². The molecule has 0 spiro atoms. The Hall–Kier alpha value is -2.06. The van der Waals surface area contributed by atoms with E-state index in [1.54, 1.807) is 56.5 Å². The maximum atomic E-state index is 8.43. The van der Waals surface area contributed by atoms with Crippen molar-refractivity contribution in [2.45, 2.75) is 40.9 Å². The van der Waals surface area contributed by atoms with Gasteiger partial charge in [0.05, 0.1) is 60.3 Å². The lowest BCUT2D eigenvalue weighted by molar-refractivity contribution is 0.0339. The molecule has 0 radical (unpaired) electrons. The van der Waals surface area contributed by atoms with Crippen molar-refractivity contribution >= 4 is 28.5 Å². The molecule has 1 heterocycles. The van der Waals surface area contributed by atoms with Gasteiger partial charge >= 0.3 is 7.12 Å². The van der Waals surface area contributed by atoms with Gasteiger partial charge < -0.3 is 47.9 Å².